The van der Waals surface area contributed by atoms with Crippen LogP contribution in [-0.4, -0.2) is 11.8 Å². The van der Waals surface area contributed by atoms with Crippen molar-refractivity contribution in [3.63, 3.8) is 0 Å². The van der Waals surface area contributed by atoms with Crippen molar-refractivity contribution >= 4 is 11.8 Å². The molecule has 2 heteroatoms. The van der Waals surface area contributed by atoms with Gasteiger partial charge in [0.1, 0.15) is 0 Å². The zero-order chi connectivity index (χ0) is 10.7. The van der Waals surface area contributed by atoms with Crippen LogP contribution in [0.3, 0.4) is 0 Å². The minimum absolute atomic E-state index is 0.264. The van der Waals surface area contributed by atoms with Gasteiger partial charge in [-0.05, 0) is 38.8 Å². The summed E-state index contributed by atoms with van der Waals surface area (Å²) in [5, 5.41) is 0. The Morgan fingerprint density at radius 1 is 1.21 bits per heavy atom. The summed E-state index contributed by atoms with van der Waals surface area (Å²) in [4.78, 5) is 1.40. The van der Waals surface area contributed by atoms with E-state index in [1.54, 1.807) is 0 Å². The van der Waals surface area contributed by atoms with Gasteiger partial charge >= 0.3 is 0 Å². The van der Waals surface area contributed by atoms with Gasteiger partial charge < -0.3 is 5.73 Å². The average Bonchev–Trinajstić information content (AvgIpc) is 2.01. The molecule has 0 saturated heterocycles. The summed E-state index contributed by atoms with van der Waals surface area (Å²) < 4.78 is 0. The molecule has 0 aliphatic carbocycles. The first-order valence-electron chi connectivity index (χ1n) is 4.97. The topological polar surface area (TPSA) is 26.0 Å². The summed E-state index contributed by atoms with van der Waals surface area (Å²) in [5.41, 5.74) is 9.82. The first-order valence-corrected chi connectivity index (χ1v) is 5.95. The summed E-state index contributed by atoms with van der Waals surface area (Å²) >= 11 is 1.87. The highest BCUT2D eigenvalue weighted by molar-refractivity contribution is 7.99. The smallest absolute Gasteiger partial charge is 0.0131 e. The Labute approximate surface area is 91.1 Å². The molecular formula is C12H19NS. The monoisotopic (exact) mass is 209 g/mol. The number of benzene rings is 1. The summed E-state index contributed by atoms with van der Waals surface area (Å²) in [6, 6.07) is 4.73. The largest absolute Gasteiger partial charge is 0.327 e. The molecular weight excluding hydrogens is 190 g/mol. The highest BCUT2D eigenvalue weighted by Crippen LogP contribution is 2.27. The zero-order valence-electron chi connectivity index (χ0n) is 9.42. The normalized spacial score (nSPS) is 12.9. The van der Waals surface area contributed by atoms with Crippen molar-refractivity contribution in [2.24, 2.45) is 5.73 Å². The molecule has 1 aromatic rings. The van der Waals surface area contributed by atoms with Gasteiger partial charge in [-0.1, -0.05) is 17.7 Å². The molecule has 14 heavy (non-hydrogen) atoms. The van der Waals surface area contributed by atoms with E-state index in [0.717, 1.165) is 5.75 Å². The van der Waals surface area contributed by atoms with Crippen LogP contribution in [0.2, 0.25) is 0 Å². The van der Waals surface area contributed by atoms with Crippen LogP contribution in [0.25, 0.3) is 0 Å². The lowest BCUT2D eigenvalue weighted by Crippen LogP contribution is -2.17. The van der Waals surface area contributed by atoms with E-state index in [9.17, 15) is 0 Å². The summed E-state index contributed by atoms with van der Waals surface area (Å²) in [6.07, 6.45) is 0. The molecule has 1 rings (SSSR count). The van der Waals surface area contributed by atoms with Gasteiger partial charge in [-0.15, -0.1) is 11.8 Å². The maximum absolute atomic E-state index is 5.75. The molecule has 0 aliphatic heterocycles. The Balaban J connectivity index is 2.86. The van der Waals surface area contributed by atoms with Gasteiger partial charge in [-0.3, -0.25) is 0 Å². The quantitative estimate of drug-likeness (QED) is 0.774. The van der Waals surface area contributed by atoms with E-state index in [0.29, 0.717) is 0 Å². The molecule has 0 saturated carbocycles. The molecule has 0 aliphatic rings. The third kappa shape index (κ3) is 3.03. The predicted octanol–water partition coefficient (Wildman–Crippen LogP) is 3.05. The number of hydrogen-bond donors (Lipinski definition) is 1. The second-order valence-electron chi connectivity index (χ2n) is 4.02. The second kappa shape index (κ2) is 4.85. The molecule has 0 bridgehead atoms. The number of aryl methyl sites for hydroxylation is 3. The van der Waals surface area contributed by atoms with Crippen molar-refractivity contribution in [2.45, 2.75) is 38.6 Å². The van der Waals surface area contributed by atoms with Gasteiger partial charge in [0.15, 0.2) is 0 Å². The highest BCUT2D eigenvalue weighted by atomic mass is 32.2. The van der Waals surface area contributed by atoms with Crippen LogP contribution < -0.4 is 5.73 Å². The van der Waals surface area contributed by atoms with E-state index in [1.165, 1.54) is 21.6 Å². The lowest BCUT2D eigenvalue weighted by Gasteiger charge is -2.11. The number of nitrogens with two attached hydrogens (primary N) is 1. The molecule has 0 spiro atoms. The minimum atomic E-state index is 0.264. The first-order chi connectivity index (χ1) is 6.50. The van der Waals surface area contributed by atoms with Gasteiger partial charge in [0, 0.05) is 16.7 Å². The molecule has 2 N–H and O–H groups in total. The lowest BCUT2D eigenvalue weighted by atomic mass is 10.1. The summed E-state index contributed by atoms with van der Waals surface area (Å²) in [7, 11) is 0. The fourth-order valence-corrected chi connectivity index (χ4v) is 2.61. The Morgan fingerprint density at radius 3 is 2.14 bits per heavy atom. The molecule has 0 aromatic heterocycles. The Hall–Kier alpha value is -0.470. The molecule has 0 radical (unpaired) electrons. The fraction of sp³-hybridized carbons (Fsp3) is 0.500. The van der Waals surface area contributed by atoms with Gasteiger partial charge in [-0.25, -0.2) is 0 Å². The third-order valence-electron chi connectivity index (χ3n) is 2.10. The van der Waals surface area contributed by atoms with Crippen LogP contribution >= 0.6 is 11.8 Å². The van der Waals surface area contributed by atoms with E-state index < -0.39 is 0 Å². The average molecular weight is 209 g/mol. The van der Waals surface area contributed by atoms with Crippen LogP contribution in [0.4, 0.5) is 0 Å². The van der Waals surface area contributed by atoms with Crippen LogP contribution in [-0.2, 0) is 0 Å². The van der Waals surface area contributed by atoms with Crippen molar-refractivity contribution in [3.05, 3.63) is 28.8 Å². The summed E-state index contributed by atoms with van der Waals surface area (Å²) in [5.74, 6) is 0.991. The van der Waals surface area contributed by atoms with Crippen molar-refractivity contribution in [2.75, 3.05) is 5.75 Å². The number of hydrogen-bond acceptors (Lipinski definition) is 2. The first kappa shape index (κ1) is 11.6. The van der Waals surface area contributed by atoms with Crippen molar-refractivity contribution in [1.82, 2.24) is 0 Å². The highest BCUT2D eigenvalue weighted by Gasteiger charge is 2.05. The van der Waals surface area contributed by atoms with E-state index in [-0.39, 0.29) is 6.04 Å². The van der Waals surface area contributed by atoms with Crippen molar-refractivity contribution < 1.29 is 0 Å². The van der Waals surface area contributed by atoms with E-state index >= 15 is 0 Å². The summed E-state index contributed by atoms with van der Waals surface area (Å²) in [6.45, 7) is 8.53. The molecule has 1 atom stereocenters. The SMILES string of the molecule is Cc1cc(C)c(SCC(C)N)c(C)c1. The molecule has 0 amide bonds. The lowest BCUT2D eigenvalue weighted by molar-refractivity contribution is 0.846. The Morgan fingerprint density at radius 2 is 1.71 bits per heavy atom. The van der Waals surface area contributed by atoms with Crippen LogP contribution in [0.1, 0.15) is 23.6 Å². The van der Waals surface area contributed by atoms with Gasteiger partial charge in [0.05, 0.1) is 0 Å². The fourth-order valence-electron chi connectivity index (χ4n) is 1.61. The Bertz CT molecular complexity index is 295. The van der Waals surface area contributed by atoms with Crippen molar-refractivity contribution in [3.8, 4) is 0 Å². The molecule has 1 unspecified atom stereocenters. The molecule has 78 valence electrons. The van der Waals surface area contributed by atoms with Crippen LogP contribution in [0.15, 0.2) is 17.0 Å². The maximum atomic E-state index is 5.75. The van der Waals surface area contributed by atoms with E-state index in [1.807, 2.05) is 18.7 Å². The number of rotatable bonds is 3. The second-order valence-corrected chi connectivity index (χ2v) is 5.05. The van der Waals surface area contributed by atoms with Gasteiger partial charge in [-0.2, -0.15) is 0 Å². The molecule has 0 fully saturated rings. The third-order valence-corrected chi connectivity index (χ3v) is 3.72. The minimum Gasteiger partial charge on any atom is -0.327 e. The van der Waals surface area contributed by atoms with Crippen LogP contribution in [0.5, 0.6) is 0 Å². The number of thioether (sulfide) groups is 1. The maximum Gasteiger partial charge on any atom is 0.0131 e. The standard InChI is InChI=1S/C12H19NS/c1-8-5-9(2)12(10(3)6-8)14-7-11(4)13/h5-6,11H,7,13H2,1-4H3. The van der Waals surface area contributed by atoms with E-state index in [4.69, 9.17) is 5.73 Å². The molecule has 0 heterocycles. The zero-order valence-corrected chi connectivity index (χ0v) is 10.2. The van der Waals surface area contributed by atoms with Gasteiger partial charge in [0.2, 0.25) is 0 Å². The van der Waals surface area contributed by atoms with E-state index in [2.05, 4.69) is 32.9 Å². The predicted molar refractivity (Wildman–Crippen MR) is 65.0 cm³/mol. The van der Waals surface area contributed by atoms with Crippen molar-refractivity contribution in [1.29, 1.82) is 0 Å². The van der Waals surface area contributed by atoms with Gasteiger partial charge in [0.25, 0.3) is 0 Å². The molecule has 1 nitrogen and oxygen atoms in total. The van der Waals surface area contributed by atoms with Crippen LogP contribution in [0, 0.1) is 20.8 Å². The Kier molecular flexibility index (Phi) is 4.02. The molecule has 1 aromatic carbocycles.